The van der Waals surface area contributed by atoms with Crippen LogP contribution in [0.25, 0.3) is 10.8 Å². The molecule has 0 fully saturated rings. The molecule has 4 aromatic rings. The Kier molecular flexibility index (Phi) is 8.79. The fraction of sp³-hybridized carbons (Fsp3) is 0.200. The topological polar surface area (TPSA) is 151 Å². The molecule has 12 heteroatoms. The van der Waals surface area contributed by atoms with E-state index in [1.165, 1.54) is 12.1 Å². The minimum Gasteiger partial charge on any atom is -0.478 e. The fourth-order valence-corrected chi connectivity index (χ4v) is 3.99. The maximum absolute atomic E-state index is 13.1. The average molecular weight is 589 g/mol. The van der Waals surface area contributed by atoms with Crippen molar-refractivity contribution >= 4 is 48.7 Å². The van der Waals surface area contributed by atoms with Crippen LogP contribution in [0.5, 0.6) is 0 Å². The number of aromatic carboxylic acids is 1. The van der Waals surface area contributed by atoms with Gasteiger partial charge in [-0.05, 0) is 58.9 Å². The maximum atomic E-state index is 13.1. The molecule has 4 rings (SSSR count). The zero-order chi connectivity index (χ0) is 27.3. The van der Waals surface area contributed by atoms with Crippen LogP contribution in [0.4, 0.5) is 0 Å². The zero-order valence-corrected chi connectivity index (χ0v) is 22.6. The summed E-state index contributed by atoms with van der Waals surface area (Å²) in [5, 5.41) is 18.7. The first-order valence-corrected chi connectivity index (χ1v) is 13.6. The molecule has 0 aliphatic rings. The third-order valence-electron chi connectivity index (χ3n) is 5.27. The number of aromatic nitrogens is 3. The van der Waals surface area contributed by atoms with Crippen LogP contribution in [0.2, 0.25) is 0 Å². The SMILES string of the molecule is CS(=O)(=O)O.Cc1nn(Cc2cc3ccccc3cn2)c(C(=O)N[C@@H](C)c2ccc(C(=O)O)cc2)c1Br. The van der Waals surface area contributed by atoms with Crippen LogP contribution in [0.15, 0.2) is 65.3 Å². The van der Waals surface area contributed by atoms with E-state index in [9.17, 15) is 18.0 Å². The van der Waals surface area contributed by atoms with Gasteiger partial charge in [0.05, 0.1) is 40.3 Å². The summed E-state index contributed by atoms with van der Waals surface area (Å²) in [6.07, 6.45) is 2.53. The first kappa shape index (κ1) is 28.0. The number of hydrogen-bond donors (Lipinski definition) is 3. The molecule has 0 spiro atoms. The molecular weight excluding hydrogens is 564 g/mol. The second-order valence-corrected chi connectivity index (χ2v) is 10.5. The van der Waals surface area contributed by atoms with Gasteiger partial charge in [-0.15, -0.1) is 0 Å². The van der Waals surface area contributed by atoms with Crippen LogP contribution in [0.1, 0.15) is 50.8 Å². The summed E-state index contributed by atoms with van der Waals surface area (Å²) in [5.74, 6) is -1.27. The average Bonchev–Trinajstić information content (AvgIpc) is 3.10. The number of carboxylic acid groups (broad SMARTS) is 1. The largest absolute Gasteiger partial charge is 0.478 e. The number of halogens is 1. The summed E-state index contributed by atoms with van der Waals surface area (Å²) < 4.78 is 28.1. The lowest BCUT2D eigenvalue weighted by Crippen LogP contribution is -2.29. The third-order valence-corrected chi connectivity index (χ3v) is 6.22. The van der Waals surface area contributed by atoms with Crippen molar-refractivity contribution in [2.24, 2.45) is 0 Å². The normalized spacial score (nSPS) is 11.9. The Morgan fingerprint density at radius 3 is 2.30 bits per heavy atom. The van der Waals surface area contributed by atoms with E-state index in [0.717, 1.165) is 22.0 Å². The molecule has 2 aromatic carbocycles. The van der Waals surface area contributed by atoms with Gasteiger partial charge < -0.3 is 10.4 Å². The smallest absolute Gasteiger partial charge is 0.335 e. The van der Waals surface area contributed by atoms with E-state index in [4.69, 9.17) is 9.66 Å². The van der Waals surface area contributed by atoms with Crippen LogP contribution in [-0.2, 0) is 16.7 Å². The maximum Gasteiger partial charge on any atom is 0.335 e. The van der Waals surface area contributed by atoms with E-state index < -0.39 is 16.1 Å². The van der Waals surface area contributed by atoms with Crippen LogP contribution in [-0.4, -0.2) is 51.0 Å². The molecule has 37 heavy (non-hydrogen) atoms. The molecule has 0 saturated heterocycles. The molecule has 10 nitrogen and oxygen atoms in total. The van der Waals surface area contributed by atoms with Gasteiger partial charge in [0.25, 0.3) is 16.0 Å². The first-order chi connectivity index (χ1) is 17.3. The van der Waals surface area contributed by atoms with Gasteiger partial charge in [0.1, 0.15) is 5.69 Å². The molecule has 0 aliphatic carbocycles. The number of benzene rings is 2. The Bertz CT molecular complexity index is 1540. The quantitative estimate of drug-likeness (QED) is 0.283. The Labute approximate surface area is 222 Å². The van der Waals surface area contributed by atoms with E-state index >= 15 is 0 Å². The highest BCUT2D eigenvalue weighted by Gasteiger charge is 2.22. The van der Waals surface area contributed by atoms with E-state index in [0.29, 0.717) is 28.7 Å². The number of carboxylic acids is 1. The van der Waals surface area contributed by atoms with E-state index in [1.54, 1.807) is 16.8 Å². The van der Waals surface area contributed by atoms with Crippen molar-refractivity contribution < 1.29 is 27.7 Å². The molecule has 1 atom stereocenters. The Morgan fingerprint density at radius 1 is 1.11 bits per heavy atom. The first-order valence-electron chi connectivity index (χ1n) is 11.0. The van der Waals surface area contributed by atoms with Gasteiger partial charge in [0.15, 0.2) is 0 Å². The molecule has 2 aromatic heterocycles. The number of amides is 1. The highest BCUT2D eigenvalue weighted by Crippen LogP contribution is 2.24. The number of pyridine rings is 1. The summed E-state index contributed by atoms with van der Waals surface area (Å²) >= 11 is 3.50. The van der Waals surface area contributed by atoms with Gasteiger partial charge in [0, 0.05) is 11.6 Å². The van der Waals surface area contributed by atoms with Crippen molar-refractivity contribution in [1.29, 1.82) is 0 Å². The highest BCUT2D eigenvalue weighted by atomic mass is 79.9. The van der Waals surface area contributed by atoms with Crippen molar-refractivity contribution in [3.8, 4) is 0 Å². The van der Waals surface area contributed by atoms with E-state index in [1.807, 2.05) is 50.4 Å². The summed E-state index contributed by atoms with van der Waals surface area (Å²) in [6, 6.07) is 16.1. The van der Waals surface area contributed by atoms with Gasteiger partial charge in [-0.2, -0.15) is 13.5 Å². The predicted octanol–water partition coefficient (Wildman–Crippen LogP) is 4.24. The summed E-state index contributed by atoms with van der Waals surface area (Å²) in [7, 11) is -3.67. The number of fused-ring (bicyclic) bond motifs is 1. The lowest BCUT2D eigenvalue weighted by Gasteiger charge is -2.16. The summed E-state index contributed by atoms with van der Waals surface area (Å²) in [6.45, 7) is 4.03. The molecule has 3 N–H and O–H groups in total. The van der Waals surface area contributed by atoms with Gasteiger partial charge in [-0.3, -0.25) is 19.0 Å². The molecule has 0 bridgehead atoms. The second kappa shape index (κ2) is 11.6. The zero-order valence-electron chi connectivity index (χ0n) is 20.2. The van der Waals surface area contributed by atoms with Crippen molar-refractivity contribution in [1.82, 2.24) is 20.1 Å². The lowest BCUT2D eigenvalue weighted by molar-refractivity contribution is 0.0696. The van der Waals surface area contributed by atoms with Crippen molar-refractivity contribution in [3.63, 3.8) is 0 Å². The number of rotatable bonds is 6. The van der Waals surface area contributed by atoms with Crippen molar-refractivity contribution in [2.45, 2.75) is 26.4 Å². The highest BCUT2D eigenvalue weighted by molar-refractivity contribution is 9.10. The minimum atomic E-state index is -3.67. The van der Waals surface area contributed by atoms with Gasteiger partial charge >= 0.3 is 5.97 Å². The van der Waals surface area contributed by atoms with E-state index in [2.05, 4.69) is 31.3 Å². The van der Waals surface area contributed by atoms with Gasteiger partial charge in [-0.25, -0.2) is 4.79 Å². The summed E-state index contributed by atoms with van der Waals surface area (Å²) in [4.78, 5) is 28.7. The Balaban J connectivity index is 0.000000695. The van der Waals surface area contributed by atoms with E-state index in [-0.39, 0.29) is 17.5 Å². The second-order valence-electron chi connectivity index (χ2n) is 8.28. The Morgan fingerprint density at radius 2 is 1.70 bits per heavy atom. The third kappa shape index (κ3) is 7.68. The fourth-order valence-electron chi connectivity index (χ4n) is 3.52. The van der Waals surface area contributed by atoms with Crippen LogP contribution in [0.3, 0.4) is 0 Å². The van der Waals surface area contributed by atoms with Crippen LogP contribution >= 0.6 is 15.9 Å². The molecular formula is C25H25BrN4O6S. The minimum absolute atomic E-state index is 0.201. The van der Waals surface area contributed by atoms with Crippen molar-refractivity contribution in [2.75, 3.05) is 6.26 Å². The predicted molar refractivity (Wildman–Crippen MR) is 142 cm³/mol. The number of nitrogens with one attached hydrogen (secondary N) is 1. The molecule has 194 valence electrons. The molecule has 1 amide bonds. The van der Waals surface area contributed by atoms with Crippen LogP contribution in [0, 0.1) is 6.92 Å². The van der Waals surface area contributed by atoms with Gasteiger partial charge in [0.2, 0.25) is 0 Å². The number of carbonyl (C=O) groups is 2. The van der Waals surface area contributed by atoms with Crippen LogP contribution < -0.4 is 5.32 Å². The van der Waals surface area contributed by atoms with Gasteiger partial charge in [-0.1, -0.05) is 36.4 Å². The number of hydrogen-bond acceptors (Lipinski definition) is 6. The number of carbonyl (C=O) groups excluding carboxylic acids is 1. The Hall–Kier alpha value is -3.61. The lowest BCUT2D eigenvalue weighted by atomic mass is 10.1. The molecule has 0 unspecified atom stereocenters. The molecule has 0 aliphatic heterocycles. The summed E-state index contributed by atoms with van der Waals surface area (Å²) in [5.41, 5.74) is 2.91. The number of nitrogens with zero attached hydrogens (tertiary/aromatic N) is 3. The standard InChI is InChI=1S/C24H21BrN4O3.CH4O3S/c1-14(16-7-9-17(10-8-16)24(31)32)27-23(30)22-21(25)15(2)28-29(22)13-20-11-18-5-3-4-6-19(18)12-26-20;1-5(2,3)4/h3-12,14H,13H2,1-2H3,(H,27,30)(H,31,32);1H3,(H,2,3,4)/t14-;/m0./s1. The van der Waals surface area contributed by atoms with Crippen molar-refractivity contribution in [3.05, 3.63) is 93.5 Å². The monoisotopic (exact) mass is 588 g/mol. The molecule has 0 radical (unpaired) electrons. The molecule has 0 saturated carbocycles. The number of aryl methyl sites for hydroxylation is 1. The molecule has 2 heterocycles.